The maximum Gasteiger partial charge on any atom is 0.142 e. The van der Waals surface area contributed by atoms with Crippen LogP contribution in [-0.2, 0) is 0 Å². The van der Waals surface area contributed by atoms with Crippen LogP contribution in [-0.4, -0.2) is 6.61 Å². The van der Waals surface area contributed by atoms with Crippen molar-refractivity contribution in [3.8, 4) is 16.9 Å². The molecule has 0 saturated heterocycles. The SMILES string of the molecule is NC1COc2c(Cl)cc(-c3ccccc3)cc21. The Morgan fingerprint density at radius 1 is 1.12 bits per heavy atom. The van der Waals surface area contributed by atoms with E-state index in [0.717, 1.165) is 22.4 Å². The summed E-state index contributed by atoms with van der Waals surface area (Å²) in [6.45, 7) is 0.507. The molecule has 2 N–H and O–H groups in total. The summed E-state index contributed by atoms with van der Waals surface area (Å²) in [5.41, 5.74) is 9.19. The number of benzene rings is 2. The third-order valence-corrected chi connectivity index (χ3v) is 3.27. The molecule has 0 spiro atoms. The van der Waals surface area contributed by atoms with E-state index in [0.29, 0.717) is 11.6 Å². The Balaban J connectivity index is 2.15. The van der Waals surface area contributed by atoms with E-state index in [9.17, 15) is 0 Å². The Morgan fingerprint density at radius 3 is 2.65 bits per heavy atom. The van der Waals surface area contributed by atoms with Gasteiger partial charge >= 0.3 is 0 Å². The van der Waals surface area contributed by atoms with Crippen molar-refractivity contribution in [1.82, 2.24) is 0 Å². The molecule has 2 nitrogen and oxygen atoms in total. The Kier molecular flexibility index (Phi) is 2.54. The van der Waals surface area contributed by atoms with Crippen LogP contribution in [0.4, 0.5) is 0 Å². The second kappa shape index (κ2) is 4.06. The molecule has 3 rings (SSSR count). The van der Waals surface area contributed by atoms with Crippen LogP contribution in [0.15, 0.2) is 42.5 Å². The molecule has 1 aliphatic rings. The second-order valence-electron chi connectivity index (χ2n) is 4.16. The number of hydrogen-bond acceptors (Lipinski definition) is 2. The van der Waals surface area contributed by atoms with Crippen molar-refractivity contribution in [3.05, 3.63) is 53.1 Å². The van der Waals surface area contributed by atoms with Crippen LogP contribution in [0.1, 0.15) is 11.6 Å². The Labute approximate surface area is 105 Å². The van der Waals surface area contributed by atoms with Gasteiger partial charge in [0.2, 0.25) is 0 Å². The first-order valence-electron chi connectivity index (χ1n) is 5.53. The van der Waals surface area contributed by atoms with Gasteiger partial charge in [-0.25, -0.2) is 0 Å². The molecule has 0 aliphatic carbocycles. The number of rotatable bonds is 1. The highest BCUT2D eigenvalue weighted by Crippen LogP contribution is 2.40. The lowest BCUT2D eigenvalue weighted by atomic mass is 10.0. The van der Waals surface area contributed by atoms with Crippen molar-refractivity contribution in [3.63, 3.8) is 0 Å². The third-order valence-electron chi connectivity index (χ3n) is 2.99. The lowest BCUT2D eigenvalue weighted by Gasteiger charge is -2.07. The molecule has 0 aromatic heterocycles. The van der Waals surface area contributed by atoms with Crippen molar-refractivity contribution < 1.29 is 4.74 Å². The minimum atomic E-state index is -0.0776. The molecule has 3 heteroatoms. The van der Waals surface area contributed by atoms with Crippen molar-refractivity contribution >= 4 is 11.6 Å². The van der Waals surface area contributed by atoms with E-state index in [2.05, 4.69) is 18.2 Å². The smallest absolute Gasteiger partial charge is 0.142 e. The molecular weight excluding hydrogens is 234 g/mol. The van der Waals surface area contributed by atoms with E-state index >= 15 is 0 Å². The van der Waals surface area contributed by atoms with Gasteiger partial charge in [0, 0.05) is 5.56 Å². The van der Waals surface area contributed by atoms with E-state index in [1.54, 1.807) is 0 Å². The van der Waals surface area contributed by atoms with Gasteiger partial charge in [-0.1, -0.05) is 41.9 Å². The van der Waals surface area contributed by atoms with Gasteiger partial charge in [-0.15, -0.1) is 0 Å². The lowest BCUT2D eigenvalue weighted by molar-refractivity contribution is 0.333. The molecule has 2 aromatic rings. The normalized spacial score (nSPS) is 17.6. The fourth-order valence-electron chi connectivity index (χ4n) is 2.10. The van der Waals surface area contributed by atoms with Crippen LogP contribution in [0.25, 0.3) is 11.1 Å². The van der Waals surface area contributed by atoms with E-state index in [1.807, 2.05) is 24.3 Å². The molecule has 0 fully saturated rings. The van der Waals surface area contributed by atoms with E-state index < -0.39 is 0 Å². The van der Waals surface area contributed by atoms with Crippen molar-refractivity contribution in [2.75, 3.05) is 6.61 Å². The standard InChI is InChI=1S/C14H12ClNO/c15-12-7-10(9-4-2-1-3-5-9)6-11-13(16)8-17-14(11)12/h1-7,13H,8,16H2. The Bertz CT molecular complexity index is 554. The monoisotopic (exact) mass is 245 g/mol. The number of hydrogen-bond donors (Lipinski definition) is 1. The number of halogens is 1. The molecule has 1 heterocycles. The summed E-state index contributed by atoms with van der Waals surface area (Å²) < 4.78 is 5.48. The van der Waals surface area contributed by atoms with Crippen molar-refractivity contribution in [2.24, 2.45) is 5.73 Å². The fourth-order valence-corrected chi connectivity index (χ4v) is 2.38. The van der Waals surface area contributed by atoms with Gasteiger partial charge in [0.1, 0.15) is 12.4 Å². The molecule has 1 unspecified atom stereocenters. The van der Waals surface area contributed by atoms with E-state index in [1.165, 1.54) is 0 Å². The minimum absolute atomic E-state index is 0.0776. The van der Waals surface area contributed by atoms with Gasteiger partial charge in [0.25, 0.3) is 0 Å². The van der Waals surface area contributed by atoms with Gasteiger partial charge in [-0.3, -0.25) is 0 Å². The lowest BCUT2D eigenvalue weighted by Crippen LogP contribution is -2.10. The van der Waals surface area contributed by atoms with E-state index in [4.69, 9.17) is 22.1 Å². The molecule has 1 atom stereocenters. The quantitative estimate of drug-likeness (QED) is 0.836. The zero-order valence-corrected chi connectivity index (χ0v) is 9.95. The first-order chi connectivity index (χ1) is 8.25. The van der Waals surface area contributed by atoms with Gasteiger partial charge in [-0.05, 0) is 23.3 Å². The molecule has 0 radical (unpaired) electrons. The van der Waals surface area contributed by atoms with Gasteiger partial charge < -0.3 is 10.5 Å². The third kappa shape index (κ3) is 1.79. The van der Waals surface area contributed by atoms with Crippen LogP contribution in [0.5, 0.6) is 5.75 Å². The maximum absolute atomic E-state index is 6.21. The summed E-state index contributed by atoms with van der Waals surface area (Å²) in [5.74, 6) is 0.735. The molecular formula is C14H12ClNO. The van der Waals surface area contributed by atoms with Crippen LogP contribution in [0.2, 0.25) is 5.02 Å². The molecule has 2 aromatic carbocycles. The molecule has 86 valence electrons. The first-order valence-corrected chi connectivity index (χ1v) is 5.91. The Morgan fingerprint density at radius 2 is 1.88 bits per heavy atom. The van der Waals surface area contributed by atoms with Crippen molar-refractivity contribution in [2.45, 2.75) is 6.04 Å². The van der Waals surface area contributed by atoms with Crippen LogP contribution >= 0.6 is 11.6 Å². The van der Waals surface area contributed by atoms with Crippen LogP contribution in [0, 0.1) is 0 Å². The fraction of sp³-hybridized carbons (Fsp3) is 0.143. The number of fused-ring (bicyclic) bond motifs is 1. The molecule has 0 bridgehead atoms. The molecule has 0 amide bonds. The predicted molar refractivity (Wildman–Crippen MR) is 69.3 cm³/mol. The maximum atomic E-state index is 6.21. The summed E-state index contributed by atoms with van der Waals surface area (Å²) in [7, 11) is 0. The summed E-state index contributed by atoms with van der Waals surface area (Å²) in [4.78, 5) is 0. The molecule has 1 aliphatic heterocycles. The highest BCUT2D eigenvalue weighted by Gasteiger charge is 2.24. The zero-order valence-electron chi connectivity index (χ0n) is 9.19. The van der Waals surface area contributed by atoms with Crippen molar-refractivity contribution in [1.29, 1.82) is 0 Å². The highest BCUT2D eigenvalue weighted by atomic mass is 35.5. The average molecular weight is 246 g/mol. The summed E-state index contributed by atoms with van der Waals surface area (Å²) in [6.07, 6.45) is 0. The van der Waals surface area contributed by atoms with E-state index in [-0.39, 0.29) is 6.04 Å². The summed E-state index contributed by atoms with van der Waals surface area (Å²) in [5, 5.41) is 0.634. The van der Waals surface area contributed by atoms with Gasteiger partial charge in [0.05, 0.1) is 11.1 Å². The van der Waals surface area contributed by atoms with Crippen LogP contribution < -0.4 is 10.5 Å². The largest absolute Gasteiger partial charge is 0.490 e. The van der Waals surface area contributed by atoms with Gasteiger partial charge in [-0.2, -0.15) is 0 Å². The summed E-state index contributed by atoms with van der Waals surface area (Å²) >= 11 is 6.21. The first kappa shape index (κ1) is 10.6. The number of ether oxygens (including phenoxy) is 1. The predicted octanol–water partition coefficient (Wildman–Crippen LogP) is 3.40. The Hall–Kier alpha value is -1.51. The summed E-state index contributed by atoms with van der Waals surface area (Å²) in [6, 6.07) is 14.0. The molecule has 0 saturated carbocycles. The van der Waals surface area contributed by atoms with Gasteiger partial charge in [0.15, 0.2) is 0 Å². The topological polar surface area (TPSA) is 35.2 Å². The van der Waals surface area contributed by atoms with Crippen LogP contribution in [0.3, 0.4) is 0 Å². The second-order valence-corrected chi connectivity index (χ2v) is 4.57. The average Bonchev–Trinajstić information content (AvgIpc) is 2.73. The number of nitrogens with two attached hydrogens (primary N) is 1. The highest BCUT2D eigenvalue weighted by molar-refractivity contribution is 6.32. The minimum Gasteiger partial charge on any atom is -0.490 e. The molecule has 17 heavy (non-hydrogen) atoms. The zero-order chi connectivity index (χ0) is 11.8.